The summed E-state index contributed by atoms with van der Waals surface area (Å²) in [5.74, 6) is -3.10. The molecule has 4 aliphatic heterocycles. The molecular weight excluding hydrogens is 1550 g/mol. The van der Waals surface area contributed by atoms with Gasteiger partial charge in [0.05, 0.1) is 88.2 Å². The van der Waals surface area contributed by atoms with Crippen LogP contribution in [-0.4, -0.2) is 217 Å². The van der Waals surface area contributed by atoms with Gasteiger partial charge < -0.3 is 59.0 Å². The molecule has 0 bridgehead atoms. The third-order valence-electron chi connectivity index (χ3n) is 23.4. The molecule has 1 saturated carbocycles. The Balaban J connectivity index is 0.000000160. The summed E-state index contributed by atoms with van der Waals surface area (Å²) in [6.45, 7) is 30.7. The van der Waals surface area contributed by atoms with E-state index in [2.05, 4.69) is 137 Å². The van der Waals surface area contributed by atoms with Gasteiger partial charge in [0, 0.05) is 104 Å². The van der Waals surface area contributed by atoms with Crippen LogP contribution in [0.1, 0.15) is 172 Å². The number of aromatic nitrogens is 8. The molecule has 6 unspecified atom stereocenters. The zero-order valence-corrected chi connectivity index (χ0v) is 73.3. The van der Waals surface area contributed by atoms with Gasteiger partial charge in [0.1, 0.15) is 28.9 Å². The van der Waals surface area contributed by atoms with Gasteiger partial charge in [0.25, 0.3) is 0 Å². The largest absolute Gasteiger partial charge is 0.464 e. The van der Waals surface area contributed by atoms with Crippen molar-refractivity contribution >= 4 is 91.3 Å². The topological polar surface area (TPSA) is 347 Å². The van der Waals surface area contributed by atoms with Crippen LogP contribution in [0.3, 0.4) is 0 Å². The first kappa shape index (κ1) is 92.1. The first-order chi connectivity index (χ1) is 59.5. The average Bonchev–Trinajstić information content (AvgIpc) is 0.794. The van der Waals surface area contributed by atoms with E-state index in [4.69, 9.17) is 53.8 Å². The lowest BCUT2D eigenvalue weighted by Gasteiger charge is -2.37. The Morgan fingerprint density at radius 2 is 0.756 bits per heavy atom. The summed E-state index contributed by atoms with van der Waals surface area (Å²) in [7, 11) is 4.16. The minimum Gasteiger partial charge on any atom is -0.464 e. The quantitative estimate of drug-likeness (QED) is 0.0396. The number of anilines is 4. The van der Waals surface area contributed by atoms with Gasteiger partial charge in [0.15, 0.2) is 46.9 Å². The second kappa shape index (κ2) is 44.9. The monoisotopic (exact) mass is 1670 g/mol. The number of carbonyl (C=O) groups excluding carboxylic acids is 4. The molecule has 0 radical (unpaired) electrons. The molecule has 4 saturated heterocycles. The van der Waals surface area contributed by atoms with Crippen LogP contribution in [0.2, 0.25) is 0 Å². The van der Waals surface area contributed by atoms with Crippen molar-refractivity contribution in [3.63, 3.8) is 0 Å². The highest BCUT2D eigenvalue weighted by Crippen LogP contribution is 2.36. The molecule has 8 heterocycles. The molecular formula is C95H120N20O8. The van der Waals surface area contributed by atoms with Crippen molar-refractivity contribution in [2.75, 3.05) is 145 Å². The van der Waals surface area contributed by atoms with E-state index in [0.717, 1.165) is 158 Å². The van der Waals surface area contributed by atoms with Crippen molar-refractivity contribution in [2.45, 2.75) is 168 Å². The number of ether oxygens (including phenoxy) is 4. The molecule has 9 aromatic rings. The van der Waals surface area contributed by atoms with Crippen LogP contribution in [-0.2, 0) is 44.5 Å². The summed E-state index contributed by atoms with van der Waals surface area (Å²) in [5.41, 5.74) is 8.34. The molecule has 5 aromatic carbocycles. The van der Waals surface area contributed by atoms with Crippen LogP contribution in [0.4, 0.5) is 23.3 Å². The van der Waals surface area contributed by atoms with Crippen molar-refractivity contribution in [3.8, 4) is 24.3 Å². The van der Waals surface area contributed by atoms with Crippen molar-refractivity contribution < 1.29 is 38.1 Å². The number of benzene rings is 5. The van der Waals surface area contributed by atoms with E-state index in [9.17, 15) is 40.2 Å². The number of para-hydroxylation sites is 8. The third-order valence-corrected chi connectivity index (χ3v) is 23.4. The van der Waals surface area contributed by atoms with Crippen molar-refractivity contribution in [1.82, 2.24) is 60.3 Å². The molecule has 4 aromatic heterocycles. The molecule has 0 spiro atoms. The summed E-state index contributed by atoms with van der Waals surface area (Å²) in [6.07, 6.45) is 9.56. The van der Waals surface area contributed by atoms with Gasteiger partial charge in [-0.2, -0.15) is 21.0 Å². The number of hydrogen-bond acceptors (Lipinski definition) is 28. The summed E-state index contributed by atoms with van der Waals surface area (Å²) < 4.78 is 22.3. The summed E-state index contributed by atoms with van der Waals surface area (Å²) in [4.78, 5) is 103. The minimum atomic E-state index is -1.13. The number of hydrogen-bond donors (Lipinski definition) is 2. The summed E-state index contributed by atoms with van der Waals surface area (Å²) in [5, 5.41) is 46.7. The number of rotatable bonds is 25. The van der Waals surface area contributed by atoms with E-state index in [1.54, 1.807) is 0 Å². The fourth-order valence-electron chi connectivity index (χ4n) is 15.5. The van der Waals surface area contributed by atoms with Gasteiger partial charge in [-0.3, -0.25) is 19.2 Å². The molecule has 5 aliphatic rings. The molecule has 648 valence electrons. The van der Waals surface area contributed by atoms with E-state index in [0.29, 0.717) is 112 Å². The molecule has 6 atom stereocenters. The van der Waals surface area contributed by atoms with Crippen molar-refractivity contribution in [2.24, 2.45) is 23.2 Å². The zero-order valence-electron chi connectivity index (χ0n) is 73.3. The second-order valence-electron chi connectivity index (χ2n) is 34.0. The number of nitriles is 4. The molecule has 2 N–H and O–H groups in total. The van der Waals surface area contributed by atoms with E-state index >= 15 is 0 Å². The summed E-state index contributed by atoms with van der Waals surface area (Å²) in [6, 6.07) is 49.6. The van der Waals surface area contributed by atoms with Crippen molar-refractivity contribution in [1.29, 1.82) is 21.0 Å². The van der Waals surface area contributed by atoms with E-state index in [1.165, 1.54) is 12.0 Å². The number of nitrogens with zero attached hydrogens (tertiary/aromatic N) is 18. The van der Waals surface area contributed by atoms with Crippen LogP contribution in [0.15, 0.2) is 127 Å². The predicted molar refractivity (Wildman–Crippen MR) is 477 cm³/mol. The normalized spacial score (nSPS) is 17.6. The summed E-state index contributed by atoms with van der Waals surface area (Å²) >= 11 is 0. The van der Waals surface area contributed by atoms with Gasteiger partial charge in [-0.05, 0) is 123 Å². The number of esters is 4. The fraction of sp³-hybridized carbons (Fsp3) is 0.516. The number of nitrogens with one attached hydrogen (secondary N) is 2. The van der Waals surface area contributed by atoms with Crippen LogP contribution in [0.25, 0.3) is 44.1 Å². The number of carbonyl (C=O) groups is 4. The molecule has 28 heteroatoms. The molecule has 28 nitrogen and oxygen atoms in total. The zero-order chi connectivity index (χ0) is 87.5. The number of fused-ring (bicyclic) bond motifs is 4. The number of likely N-dealkylation sites (N-methyl/N-ethyl adjacent to an activating group) is 2. The SMILES string of the molecule is CCC(CC)COC(=O)C(C#N)c1nc2ccccc2nc1N1CCNC(C(C)C)C1.CCC(CC)COC(=O)C(C#N)c1nc2ccccc2nc1N1CCNC(Cc2ccccc2)C1.CN1CCN(c2nc3ccccc3nc2C(C#N)C(=O)OC2CCCCC2)CC1.CN1CCN(c2nc3ccccc3nc2C(C#N)C(=O)OCC(C)(C)C)CC1. The van der Waals surface area contributed by atoms with Gasteiger partial charge in [-0.15, -0.1) is 0 Å². The van der Waals surface area contributed by atoms with Crippen LogP contribution < -0.4 is 30.2 Å². The highest BCUT2D eigenvalue weighted by atomic mass is 16.5. The van der Waals surface area contributed by atoms with E-state index in [-0.39, 0.29) is 30.1 Å². The molecule has 5 fully saturated rings. The Bertz CT molecular complexity index is 5190. The van der Waals surface area contributed by atoms with E-state index in [1.807, 2.05) is 136 Å². The van der Waals surface area contributed by atoms with Gasteiger partial charge in [0.2, 0.25) is 0 Å². The maximum absolute atomic E-state index is 13.0. The fourth-order valence-corrected chi connectivity index (χ4v) is 15.5. The van der Waals surface area contributed by atoms with Crippen LogP contribution in [0, 0.1) is 68.5 Å². The molecule has 1 aliphatic carbocycles. The van der Waals surface area contributed by atoms with Crippen LogP contribution >= 0.6 is 0 Å². The maximum Gasteiger partial charge on any atom is 0.329 e. The first-order valence-electron chi connectivity index (χ1n) is 43.8. The number of piperazine rings is 4. The minimum absolute atomic E-state index is 0.0902. The Labute approximate surface area is 723 Å². The van der Waals surface area contributed by atoms with Gasteiger partial charge >= 0.3 is 23.9 Å². The lowest BCUT2D eigenvalue weighted by molar-refractivity contribution is -0.151. The molecule has 14 rings (SSSR count). The maximum atomic E-state index is 13.0. The van der Waals surface area contributed by atoms with Gasteiger partial charge in [-0.25, -0.2) is 39.9 Å². The Hall–Kier alpha value is -11.7. The molecule has 123 heavy (non-hydrogen) atoms. The highest BCUT2D eigenvalue weighted by Gasteiger charge is 2.38. The average molecular weight is 1670 g/mol. The smallest absolute Gasteiger partial charge is 0.329 e. The van der Waals surface area contributed by atoms with Gasteiger partial charge in [-0.1, -0.05) is 173 Å². The Morgan fingerprint density at radius 1 is 0.423 bits per heavy atom. The first-order valence-corrected chi connectivity index (χ1v) is 43.8. The predicted octanol–water partition coefficient (Wildman–Crippen LogP) is 13.3. The lowest BCUT2D eigenvalue weighted by atomic mass is 9.97. The second-order valence-corrected chi connectivity index (χ2v) is 34.0. The Kier molecular flexibility index (Phi) is 33.6. The Morgan fingerprint density at radius 3 is 1.11 bits per heavy atom. The third kappa shape index (κ3) is 24.8. The van der Waals surface area contributed by atoms with Crippen molar-refractivity contribution in [3.05, 3.63) is 156 Å². The standard InChI is InChI=1S/C28H33N5O2.C24H33N5O2.C22H27N5O2.C21H27N5O2/c1-3-20(4-2)19-35-28(34)23(17-29)26-27(32-25-13-9-8-12-24(25)31-26)33-15-14-30-22(18-33)16-21-10-6-5-7-11-21;1-5-17(6-2)15-31-24(30)18(13-25)22-23(28-20-10-8-7-9-19(20)27-22)29-12-11-26-21(14-29)16(3)4;1-26-11-13-27(14-12-26)21-20(24-18-9-5-6-10-19(18)25-21)17(15-23)22(28)29-16-7-3-2-4-8-16;1-21(2,3)14-28-20(27)15(13-22)18-19(26-11-9-25(4)10-12-26)24-17-8-6-5-7-16(17)23-18/h5-13,20,22-23,30H,3-4,14-16,18-19H2,1-2H3;7-10,16-18,21,26H,5-6,11-12,14-15H2,1-4H3;5-6,9-10,16-17H,2-4,7-8,11-14H2,1H3;5-8,15H,9-12,14H2,1-4H3. The molecule has 0 amide bonds. The van der Waals surface area contributed by atoms with Crippen LogP contribution in [0.5, 0.6) is 0 Å². The highest BCUT2D eigenvalue weighted by molar-refractivity contribution is 5.89. The van der Waals surface area contributed by atoms with E-state index < -0.39 is 47.5 Å². The lowest BCUT2D eigenvalue weighted by Crippen LogP contribution is -2.53.